The molecule has 0 aliphatic rings. The van der Waals surface area contributed by atoms with E-state index in [-0.39, 0.29) is 14.5 Å². The van der Waals surface area contributed by atoms with Gasteiger partial charge in [-0.2, -0.15) is 0 Å². The van der Waals surface area contributed by atoms with Crippen molar-refractivity contribution in [3.8, 4) is 0 Å². The molecular weight excluding hydrogens is 403 g/mol. The van der Waals surface area contributed by atoms with Crippen LogP contribution in [0.2, 0.25) is 0 Å². The van der Waals surface area contributed by atoms with Crippen LogP contribution in [-0.4, -0.2) is 5.91 Å². The lowest BCUT2D eigenvalue weighted by Gasteiger charge is -2.08. The molecule has 2 rings (SSSR count). The van der Waals surface area contributed by atoms with Gasteiger partial charge in [0.25, 0.3) is 5.91 Å². The second kappa shape index (κ2) is 5.97. The Bertz CT molecular complexity index is 668. The Morgan fingerprint density at radius 1 is 0.950 bits per heavy atom. The van der Waals surface area contributed by atoms with E-state index in [0.29, 0.717) is 0 Å². The van der Waals surface area contributed by atoms with Crippen LogP contribution in [0.4, 0.5) is 18.9 Å². The summed E-state index contributed by atoms with van der Waals surface area (Å²) in [7, 11) is 0. The van der Waals surface area contributed by atoms with Gasteiger partial charge in [0.1, 0.15) is 11.5 Å². The van der Waals surface area contributed by atoms with E-state index in [4.69, 9.17) is 0 Å². The highest BCUT2D eigenvalue weighted by Gasteiger charge is 2.15. The van der Waals surface area contributed by atoms with E-state index in [1.165, 1.54) is 12.1 Å². The number of anilines is 1. The van der Waals surface area contributed by atoms with Crippen molar-refractivity contribution in [2.24, 2.45) is 0 Å². The lowest BCUT2D eigenvalue weighted by Crippen LogP contribution is -2.14. The molecule has 1 N–H and O–H groups in total. The van der Waals surface area contributed by atoms with Crippen LogP contribution in [0.25, 0.3) is 0 Å². The Balaban J connectivity index is 2.30. The average molecular weight is 409 g/mol. The van der Waals surface area contributed by atoms with E-state index < -0.39 is 29.0 Å². The highest BCUT2D eigenvalue weighted by Crippen LogP contribution is 2.24. The van der Waals surface area contributed by atoms with Crippen molar-refractivity contribution in [2.45, 2.75) is 0 Å². The third kappa shape index (κ3) is 3.21. The number of hydrogen-bond donors (Lipinski definition) is 1. The van der Waals surface area contributed by atoms with E-state index >= 15 is 0 Å². The fourth-order valence-electron chi connectivity index (χ4n) is 1.48. The van der Waals surface area contributed by atoms with Crippen LogP contribution >= 0.6 is 31.9 Å². The van der Waals surface area contributed by atoms with Crippen LogP contribution < -0.4 is 5.32 Å². The fourth-order valence-corrected chi connectivity index (χ4v) is 2.13. The second-order valence-electron chi connectivity index (χ2n) is 3.83. The van der Waals surface area contributed by atoms with Gasteiger partial charge in [0, 0.05) is 10.0 Å². The molecule has 0 bridgehead atoms. The zero-order valence-electron chi connectivity index (χ0n) is 9.68. The minimum Gasteiger partial charge on any atom is -0.317 e. The molecule has 104 valence electrons. The second-order valence-corrected chi connectivity index (χ2v) is 5.60. The maximum atomic E-state index is 13.6. The van der Waals surface area contributed by atoms with Gasteiger partial charge in [-0.3, -0.25) is 4.79 Å². The molecule has 0 atom stereocenters. The van der Waals surface area contributed by atoms with Gasteiger partial charge in [0.05, 0.1) is 4.47 Å². The molecule has 0 fully saturated rings. The van der Waals surface area contributed by atoms with Crippen molar-refractivity contribution in [1.82, 2.24) is 0 Å². The summed E-state index contributed by atoms with van der Waals surface area (Å²) in [5.74, 6) is -3.31. The molecular formula is C13H6Br2F3NO. The summed E-state index contributed by atoms with van der Waals surface area (Å²) in [6.45, 7) is 0. The summed E-state index contributed by atoms with van der Waals surface area (Å²) in [5, 5.41) is 2.08. The van der Waals surface area contributed by atoms with Gasteiger partial charge in [0.2, 0.25) is 0 Å². The average Bonchev–Trinajstić information content (AvgIpc) is 2.36. The molecule has 0 aliphatic carbocycles. The number of rotatable bonds is 2. The Morgan fingerprint density at radius 3 is 2.10 bits per heavy atom. The van der Waals surface area contributed by atoms with Crippen molar-refractivity contribution in [3.05, 3.63) is 62.3 Å². The van der Waals surface area contributed by atoms with Crippen LogP contribution in [0.1, 0.15) is 10.4 Å². The first-order valence-electron chi connectivity index (χ1n) is 5.29. The number of amides is 1. The van der Waals surface area contributed by atoms with Gasteiger partial charge in [-0.1, -0.05) is 15.9 Å². The Morgan fingerprint density at radius 2 is 1.55 bits per heavy atom. The molecule has 0 aromatic heterocycles. The van der Waals surface area contributed by atoms with Crippen LogP contribution in [-0.2, 0) is 0 Å². The number of carbonyl (C=O) groups is 1. The summed E-state index contributed by atoms with van der Waals surface area (Å²) < 4.78 is 40.8. The predicted octanol–water partition coefficient (Wildman–Crippen LogP) is 4.88. The minimum atomic E-state index is -0.928. The fraction of sp³-hybridized carbons (Fsp3) is 0. The quantitative estimate of drug-likeness (QED) is 0.753. The van der Waals surface area contributed by atoms with Gasteiger partial charge >= 0.3 is 0 Å². The van der Waals surface area contributed by atoms with Crippen molar-refractivity contribution in [2.75, 3.05) is 5.32 Å². The first kappa shape index (κ1) is 15.1. The van der Waals surface area contributed by atoms with Gasteiger partial charge in [0.15, 0.2) is 11.6 Å². The first-order chi connectivity index (χ1) is 9.38. The topological polar surface area (TPSA) is 29.1 Å². The number of hydrogen-bond acceptors (Lipinski definition) is 1. The first-order valence-corrected chi connectivity index (χ1v) is 6.88. The van der Waals surface area contributed by atoms with Crippen LogP contribution in [0, 0.1) is 17.5 Å². The van der Waals surface area contributed by atoms with E-state index in [2.05, 4.69) is 37.2 Å². The monoisotopic (exact) mass is 407 g/mol. The molecule has 0 spiro atoms. The standard InChI is InChI=1S/C13H6Br2F3NO/c14-7-4-10(17)12(11(18)5-7)19-13(20)6-1-2-8(15)9(16)3-6/h1-5H,(H,19,20). The van der Waals surface area contributed by atoms with Crippen molar-refractivity contribution < 1.29 is 18.0 Å². The summed E-state index contributed by atoms with van der Waals surface area (Å²) >= 11 is 5.87. The van der Waals surface area contributed by atoms with E-state index in [9.17, 15) is 18.0 Å². The zero-order chi connectivity index (χ0) is 14.9. The molecule has 0 radical (unpaired) electrons. The molecule has 0 heterocycles. The van der Waals surface area contributed by atoms with Crippen LogP contribution in [0.5, 0.6) is 0 Å². The summed E-state index contributed by atoms with van der Waals surface area (Å²) in [6, 6.07) is 5.66. The van der Waals surface area contributed by atoms with Gasteiger partial charge in [-0.05, 0) is 46.3 Å². The van der Waals surface area contributed by atoms with E-state index in [0.717, 1.165) is 18.2 Å². The Labute approximate surface area is 129 Å². The smallest absolute Gasteiger partial charge is 0.255 e. The Hall–Kier alpha value is -1.34. The van der Waals surface area contributed by atoms with Crippen LogP contribution in [0.15, 0.2) is 39.3 Å². The van der Waals surface area contributed by atoms with Crippen molar-refractivity contribution >= 4 is 43.5 Å². The molecule has 0 saturated heterocycles. The lowest BCUT2D eigenvalue weighted by molar-refractivity contribution is 0.102. The molecule has 2 nitrogen and oxygen atoms in total. The molecule has 20 heavy (non-hydrogen) atoms. The largest absolute Gasteiger partial charge is 0.317 e. The zero-order valence-corrected chi connectivity index (χ0v) is 12.9. The van der Waals surface area contributed by atoms with Crippen molar-refractivity contribution in [1.29, 1.82) is 0 Å². The lowest BCUT2D eigenvalue weighted by atomic mass is 10.2. The van der Waals surface area contributed by atoms with Crippen LogP contribution in [0.3, 0.4) is 0 Å². The maximum Gasteiger partial charge on any atom is 0.255 e. The normalized spacial score (nSPS) is 10.4. The number of nitrogens with one attached hydrogen (secondary N) is 1. The molecule has 0 aliphatic heterocycles. The SMILES string of the molecule is O=C(Nc1c(F)cc(Br)cc1F)c1ccc(Br)c(F)c1. The molecule has 2 aromatic rings. The molecule has 7 heteroatoms. The van der Waals surface area contributed by atoms with Gasteiger partial charge in [-0.15, -0.1) is 0 Å². The molecule has 0 saturated carbocycles. The summed E-state index contributed by atoms with van der Waals surface area (Å²) in [5.41, 5.74) is -0.631. The van der Waals surface area contributed by atoms with Gasteiger partial charge in [-0.25, -0.2) is 13.2 Å². The molecule has 1 amide bonds. The highest BCUT2D eigenvalue weighted by molar-refractivity contribution is 9.10. The number of benzene rings is 2. The summed E-state index contributed by atoms with van der Waals surface area (Å²) in [4.78, 5) is 11.8. The summed E-state index contributed by atoms with van der Waals surface area (Å²) in [6.07, 6.45) is 0. The predicted molar refractivity (Wildman–Crippen MR) is 76.1 cm³/mol. The maximum absolute atomic E-state index is 13.6. The van der Waals surface area contributed by atoms with E-state index in [1.54, 1.807) is 0 Å². The molecule has 2 aromatic carbocycles. The minimum absolute atomic E-state index is 0.0487. The van der Waals surface area contributed by atoms with Crippen molar-refractivity contribution in [3.63, 3.8) is 0 Å². The Kier molecular flexibility index (Phi) is 4.49. The third-order valence-electron chi connectivity index (χ3n) is 2.43. The highest BCUT2D eigenvalue weighted by atomic mass is 79.9. The molecule has 0 unspecified atom stereocenters. The third-order valence-corrected chi connectivity index (χ3v) is 3.53. The number of halogens is 5. The van der Waals surface area contributed by atoms with E-state index in [1.807, 2.05) is 0 Å². The number of carbonyl (C=O) groups excluding carboxylic acids is 1. The van der Waals surface area contributed by atoms with Gasteiger partial charge < -0.3 is 5.32 Å².